The van der Waals surface area contributed by atoms with Crippen LogP contribution >= 0.6 is 0 Å². The Morgan fingerprint density at radius 1 is 0.968 bits per heavy atom. The van der Waals surface area contributed by atoms with Gasteiger partial charge >= 0.3 is 0 Å². The van der Waals surface area contributed by atoms with Crippen LogP contribution in [-0.4, -0.2) is 17.4 Å². The second kappa shape index (κ2) is 8.48. The molecule has 1 atom stereocenters. The van der Waals surface area contributed by atoms with Gasteiger partial charge in [-0.1, -0.05) is 66.7 Å². The van der Waals surface area contributed by atoms with E-state index in [0.717, 1.165) is 5.56 Å². The number of halogens is 1. The first-order valence-corrected chi connectivity index (χ1v) is 9.98. The second-order valence-corrected chi connectivity index (χ2v) is 7.45. The fraction of sp³-hybridized carbons (Fsp3) is 0.115. The van der Waals surface area contributed by atoms with Crippen molar-refractivity contribution in [3.05, 3.63) is 114 Å². The Morgan fingerprint density at radius 2 is 1.58 bits per heavy atom. The summed E-state index contributed by atoms with van der Waals surface area (Å²) >= 11 is 0. The van der Waals surface area contributed by atoms with E-state index in [4.69, 9.17) is 0 Å². The maximum atomic E-state index is 14.1. The molecule has 5 heteroatoms. The molecule has 0 radical (unpaired) electrons. The Balaban J connectivity index is 1.74. The summed E-state index contributed by atoms with van der Waals surface area (Å²) in [5.41, 5.74) is 0.980. The van der Waals surface area contributed by atoms with E-state index in [-0.39, 0.29) is 11.5 Å². The van der Waals surface area contributed by atoms with E-state index in [1.54, 1.807) is 19.1 Å². The van der Waals surface area contributed by atoms with Crippen LogP contribution < -0.4 is 5.01 Å². The predicted octanol–water partition coefficient (Wildman–Crippen LogP) is 5.22. The lowest BCUT2D eigenvalue weighted by molar-refractivity contribution is -0.122. The van der Waals surface area contributed by atoms with Crippen LogP contribution in [0.4, 0.5) is 10.1 Å². The molecule has 31 heavy (non-hydrogen) atoms. The number of ketones is 1. The molecule has 0 saturated carbocycles. The molecule has 0 spiro atoms. The van der Waals surface area contributed by atoms with Crippen molar-refractivity contribution in [2.45, 2.75) is 13.3 Å². The predicted molar refractivity (Wildman–Crippen MR) is 119 cm³/mol. The third-order valence-electron chi connectivity index (χ3n) is 5.45. The van der Waals surface area contributed by atoms with E-state index in [2.05, 4.69) is 5.10 Å². The molecule has 0 fully saturated rings. The van der Waals surface area contributed by atoms with E-state index >= 15 is 0 Å². The second-order valence-electron chi connectivity index (χ2n) is 7.45. The molecule has 0 aromatic heterocycles. The molecule has 1 amide bonds. The molecule has 1 aliphatic heterocycles. The third kappa shape index (κ3) is 3.94. The fourth-order valence-corrected chi connectivity index (χ4v) is 3.71. The van der Waals surface area contributed by atoms with Crippen molar-refractivity contribution < 1.29 is 14.0 Å². The lowest BCUT2D eigenvalue weighted by Crippen LogP contribution is -2.39. The molecule has 0 aliphatic carbocycles. The van der Waals surface area contributed by atoms with Gasteiger partial charge in [-0.3, -0.25) is 9.59 Å². The molecule has 0 unspecified atom stereocenters. The number of amides is 1. The molecule has 1 heterocycles. The number of carbonyl (C=O) groups excluding carboxylic acids is 2. The maximum absolute atomic E-state index is 14.1. The SMILES string of the molecule is CC1=NN(c2ccccc2)C(=O)[C@@]1(/C=C\C(=O)c1ccccc1F)Cc1ccccc1. The topological polar surface area (TPSA) is 49.7 Å². The fourth-order valence-electron chi connectivity index (χ4n) is 3.71. The minimum atomic E-state index is -1.14. The number of carbonyl (C=O) groups is 2. The van der Waals surface area contributed by atoms with Gasteiger partial charge in [0.25, 0.3) is 5.91 Å². The van der Waals surface area contributed by atoms with Gasteiger partial charge < -0.3 is 0 Å². The van der Waals surface area contributed by atoms with Crippen LogP contribution in [0.25, 0.3) is 0 Å². The Kier molecular flexibility index (Phi) is 5.58. The van der Waals surface area contributed by atoms with Crippen molar-refractivity contribution in [3.63, 3.8) is 0 Å². The van der Waals surface area contributed by atoms with E-state index in [1.807, 2.05) is 60.7 Å². The number of hydrogen-bond donors (Lipinski definition) is 0. The number of hydrazone groups is 1. The summed E-state index contributed by atoms with van der Waals surface area (Å²) in [6.07, 6.45) is 3.19. The lowest BCUT2D eigenvalue weighted by Gasteiger charge is -2.25. The molecule has 4 rings (SSSR count). The highest BCUT2D eigenvalue weighted by atomic mass is 19.1. The largest absolute Gasteiger partial charge is 0.289 e. The van der Waals surface area contributed by atoms with Crippen LogP contribution in [0.1, 0.15) is 22.8 Å². The Bertz CT molecular complexity index is 1170. The molecule has 3 aromatic carbocycles. The summed E-state index contributed by atoms with van der Waals surface area (Å²) < 4.78 is 14.1. The van der Waals surface area contributed by atoms with Crippen LogP contribution in [0.2, 0.25) is 0 Å². The van der Waals surface area contributed by atoms with E-state index in [9.17, 15) is 14.0 Å². The Morgan fingerprint density at radius 3 is 2.26 bits per heavy atom. The third-order valence-corrected chi connectivity index (χ3v) is 5.45. The summed E-state index contributed by atoms with van der Waals surface area (Å²) in [4.78, 5) is 26.3. The first-order valence-electron chi connectivity index (χ1n) is 9.98. The zero-order valence-corrected chi connectivity index (χ0v) is 17.0. The minimum Gasteiger partial charge on any atom is -0.289 e. The van der Waals surface area contributed by atoms with Gasteiger partial charge in [0.15, 0.2) is 5.78 Å². The molecule has 3 aromatic rings. The van der Waals surface area contributed by atoms with Gasteiger partial charge in [-0.25, -0.2) is 4.39 Å². The van der Waals surface area contributed by atoms with Gasteiger partial charge in [0.2, 0.25) is 0 Å². The minimum absolute atomic E-state index is 0.0337. The van der Waals surface area contributed by atoms with Crippen molar-refractivity contribution in [3.8, 4) is 0 Å². The van der Waals surface area contributed by atoms with Crippen LogP contribution in [0.5, 0.6) is 0 Å². The highest BCUT2D eigenvalue weighted by Gasteiger charge is 2.47. The summed E-state index contributed by atoms with van der Waals surface area (Å²) in [7, 11) is 0. The summed E-state index contributed by atoms with van der Waals surface area (Å²) in [6, 6.07) is 24.5. The van der Waals surface area contributed by atoms with Crippen LogP contribution in [-0.2, 0) is 11.2 Å². The molecule has 4 nitrogen and oxygen atoms in total. The smallest absolute Gasteiger partial charge is 0.263 e. The normalized spacial score (nSPS) is 18.5. The number of nitrogens with zero attached hydrogens (tertiary/aromatic N) is 2. The Hall–Kier alpha value is -3.86. The molecular formula is C26H21FN2O2. The lowest BCUT2D eigenvalue weighted by atomic mass is 9.77. The maximum Gasteiger partial charge on any atom is 0.263 e. The van der Waals surface area contributed by atoms with Gasteiger partial charge in [-0.2, -0.15) is 10.1 Å². The van der Waals surface area contributed by atoms with E-state index in [0.29, 0.717) is 17.8 Å². The van der Waals surface area contributed by atoms with Gasteiger partial charge in [-0.05, 0) is 49.2 Å². The molecular weight excluding hydrogens is 391 g/mol. The van der Waals surface area contributed by atoms with Gasteiger partial charge in [0.1, 0.15) is 11.2 Å². The van der Waals surface area contributed by atoms with Crippen LogP contribution in [0.3, 0.4) is 0 Å². The summed E-state index contributed by atoms with van der Waals surface area (Å²) in [5, 5.41) is 5.89. The zero-order valence-electron chi connectivity index (χ0n) is 17.0. The summed E-state index contributed by atoms with van der Waals surface area (Å²) in [5.74, 6) is -1.34. The number of para-hydroxylation sites is 1. The molecule has 1 aliphatic rings. The molecule has 0 N–H and O–H groups in total. The van der Waals surface area contributed by atoms with E-state index in [1.165, 1.54) is 29.3 Å². The zero-order chi connectivity index (χ0) is 21.8. The van der Waals surface area contributed by atoms with Crippen molar-refractivity contribution in [1.29, 1.82) is 0 Å². The van der Waals surface area contributed by atoms with Crippen LogP contribution in [0, 0.1) is 11.2 Å². The highest BCUT2D eigenvalue weighted by Crippen LogP contribution is 2.37. The quantitative estimate of drug-likeness (QED) is 0.412. The molecule has 0 saturated heterocycles. The van der Waals surface area contributed by atoms with Gasteiger partial charge in [0.05, 0.1) is 17.0 Å². The van der Waals surface area contributed by atoms with Gasteiger partial charge in [-0.15, -0.1) is 0 Å². The number of anilines is 1. The number of allylic oxidation sites excluding steroid dienone is 1. The van der Waals surface area contributed by atoms with E-state index < -0.39 is 17.0 Å². The number of hydrogen-bond acceptors (Lipinski definition) is 3. The molecule has 0 bridgehead atoms. The highest BCUT2D eigenvalue weighted by molar-refractivity contribution is 6.21. The first-order chi connectivity index (χ1) is 15.0. The number of benzene rings is 3. The van der Waals surface area contributed by atoms with Crippen molar-refractivity contribution >= 4 is 23.1 Å². The average molecular weight is 412 g/mol. The standard InChI is InChI=1S/C26H21FN2O2/c1-19-26(18-20-10-4-2-5-11-20,17-16-24(30)22-14-8-9-15-23(22)27)25(31)29(28-19)21-12-6-3-7-13-21/h2-17H,18H2,1H3/b17-16-/t26-/m0/s1. The summed E-state index contributed by atoms with van der Waals surface area (Å²) in [6.45, 7) is 1.78. The van der Waals surface area contributed by atoms with Crippen molar-refractivity contribution in [2.24, 2.45) is 10.5 Å². The number of rotatable bonds is 6. The van der Waals surface area contributed by atoms with Crippen molar-refractivity contribution in [1.82, 2.24) is 0 Å². The average Bonchev–Trinajstić information content (AvgIpc) is 3.04. The van der Waals surface area contributed by atoms with Crippen LogP contribution in [0.15, 0.2) is 102 Å². The Labute approximate surface area is 180 Å². The first kappa shape index (κ1) is 20.4. The van der Waals surface area contributed by atoms with Gasteiger partial charge in [0, 0.05) is 0 Å². The molecule has 154 valence electrons. The monoisotopic (exact) mass is 412 g/mol. The van der Waals surface area contributed by atoms with Crippen molar-refractivity contribution in [2.75, 3.05) is 5.01 Å².